The summed E-state index contributed by atoms with van der Waals surface area (Å²) in [5.41, 5.74) is 5.50. The summed E-state index contributed by atoms with van der Waals surface area (Å²) in [6, 6.07) is 10.5. The van der Waals surface area contributed by atoms with Gasteiger partial charge in [-0.2, -0.15) is 5.10 Å². The number of rotatable bonds is 5. The second kappa shape index (κ2) is 6.93. The molecule has 0 radical (unpaired) electrons. The summed E-state index contributed by atoms with van der Waals surface area (Å²) in [6.07, 6.45) is 6.83. The van der Waals surface area contributed by atoms with Crippen molar-refractivity contribution in [2.75, 3.05) is 19.7 Å². The van der Waals surface area contributed by atoms with E-state index in [1.165, 1.54) is 35.5 Å². The minimum Gasteiger partial charge on any atom is -0.396 e. The topological polar surface area (TPSA) is 41.3 Å². The minimum absolute atomic E-state index is 0.155. The van der Waals surface area contributed by atoms with Gasteiger partial charge in [-0.15, -0.1) is 0 Å². The van der Waals surface area contributed by atoms with Crippen LogP contribution in [-0.4, -0.2) is 39.5 Å². The molecule has 4 rings (SSSR count). The number of nitrogens with zero attached hydrogens (tertiary/aromatic N) is 3. The highest BCUT2D eigenvalue weighted by atomic mass is 16.3. The maximum atomic E-state index is 9.74. The summed E-state index contributed by atoms with van der Waals surface area (Å²) >= 11 is 0. The summed E-state index contributed by atoms with van der Waals surface area (Å²) in [5, 5.41) is 14.7. The van der Waals surface area contributed by atoms with Gasteiger partial charge in [-0.25, -0.2) is 4.68 Å². The van der Waals surface area contributed by atoms with Crippen LogP contribution < -0.4 is 0 Å². The quantitative estimate of drug-likeness (QED) is 0.908. The average Bonchev–Trinajstić information content (AvgIpc) is 3.27. The zero-order valence-electron chi connectivity index (χ0n) is 15.2. The standard InChI is InChI=1S/C21H29N3O/c1-2-21(16-25)11-13-23(14-12-21)15-19-18-9-6-10-20(18)24(22-19)17-7-4-3-5-8-17/h3-5,7-8,25H,2,6,9-16H2,1H3. The molecule has 0 unspecified atom stereocenters. The second-order valence-corrected chi connectivity index (χ2v) is 7.76. The number of likely N-dealkylation sites (tertiary alicyclic amines) is 1. The van der Waals surface area contributed by atoms with Gasteiger partial charge in [-0.1, -0.05) is 25.1 Å². The number of hydrogen-bond donors (Lipinski definition) is 1. The Kier molecular flexibility index (Phi) is 4.65. The second-order valence-electron chi connectivity index (χ2n) is 7.76. The lowest BCUT2D eigenvalue weighted by molar-refractivity contribution is 0.0377. The number of para-hydroxylation sites is 1. The Morgan fingerprint density at radius 2 is 1.88 bits per heavy atom. The predicted octanol–water partition coefficient (Wildman–Crippen LogP) is 3.35. The number of piperidine rings is 1. The molecule has 0 bridgehead atoms. The van der Waals surface area contributed by atoms with E-state index < -0.39 is 0 Å². The number of aromatic nitrogens is 2. The maximum Gasteiger partial charge on any atom is 0.0804 e. The van der Waals surface area contributed by atoms with Gasteiger partial charge in [0.1, 0.15) is 0 Å². The molecule has 0 amide bonds. The largest absolute Gasteiger partial charge is 0.396 e. The molecule has 1 saturated heterocycles. The normalized spacial score (nSPS) is 19.9. The molecular weight excluding hydrogens is 310 g/mol. The number of aliphatic hydroxyl groups excluding tert-OH is 1. The number of hydrogen-bond acceptors (Lipinski definition) is 3. The van der Waals surface area contributed by atoms with Crippen LogP contribution in [0.4, 0.5) is 0 Å². The van der Waals surface area contributed by atoms with E-state index in [0.29, 0.717) is 6.61 Å². The minimum atomic E-state index is 0.155. The lowest BCUT2D eigenvalue weighted by atomic mass is 9.77. The molecular formula is C21H29N3O. The fourth-order valence-electron chi connectivity index (χ4n) is 4.44. The van der Waals surface area contributed by atoms with Crippen LogP contribution in [0.25, 0.3) is 5.69 Å². The van der Waals surface area contributed by atoms with Crippen molar-refractivity contribution in [3.63, 3.8) is 0 Å². The SMILES string of the molecule is CCC1(CO)CCN(Cc2nn(-c3ccccc3)c3c2CCC3)CC1. The van der Waals surface area contributed by atoms with Crippen LogP contribution in [0.2, 0.25) is 0 Å². The van der Waals surface area contributed by atoms with Crippen molar-refractivity contribution in [2.24, 2.45) is 5.41 Å². The van der Waals surface area contributed by atoms with Crippen LogP contribution in [0, 0.1) is 5.41 Å². The van der Waals surface area contributed by atoms with Gasteiger partial charge in [0.2, 0.25) is 0 Å². The first-order valence-electron chi connectivity index (χ1n) is 9.73. The highest BCUT2D eigenvalue weighted by molar-refractivity contribution is 5.39. The van der Waals surface area contributed by atoms with Gasteiger partial charge < -0.3 is 5.11 Å². The third-order valence-electron chi connectivity index (χ3n) is 6.39. The fraction of sp³-hybridized carbons (Fsp3) is 0.571. The van der Waals surface area contributed by atoms with E-state index in [0.717, 1.165) is 45.3 Å². The van der Waals surface area contributed by atoms with Crippen LogP contribution in [0.5, 0.6) is 0 Å². The summed E-state index contributed by atoms with van der Waals surface area (Å²) in [5.74, 6) is 0. The van der Waals surface area contributed by atoms with Crippen molar-refractivity contribution >= 4 is 0 Å². The highest BCUT2D eigenvalue weighted by Crippen LogP contribution is 2.35. The van der Waals surface area contributed by atoms with E-state index >= 15 is 0 Å². The Morgan fingerprint density at radius 3 is 2.56 bits per heavy atom. The van der Waals surface area contributed by atoms with Crippen LogP contribution in [0.3, 0.4) is 0 Å². The lowest BCUT2D eigenvalue weighted by Crippen LogP contribution is -2.41. The van der Waals surface area contributed by atoms with Gasteiger partial charge in [0.15, 0.2) is 0 Å². The molecule has 0 spiro atoms. The summed E-state index contributed by atoms with van der Waals surface area (Å²) in [4.78, 5) is 2.53. The Bertz CT molecular complexity index is 708. The van der Waals surface area contributed by atoms with Crippen molar-refractivity contribution < 1.29 is 5.11 Å². The van der Waals surface area contributed by atoms with Crippen LogP contribution in [0.1, 0.15) is 49.6 Å². The summed E-state index contributed by atoms with van der Waals surface area (Å²) in [7, 11) is 0. The summed E-state index contributed by atoms with van der Waals surface area (Å²) < 4.78 is 2.17. The summed E-state index contributed by atoms with van der Waals surface area (Å²) in [6.45, 7) is 5.63. The van der Waals surface area contributed by atoms with E-state index in [9.17, 15) is 5.11 Å². The van der Waals surface area contributed by atoms with Crippen molar-refractivity contribution in [2.45, 2.75) is 52.0 Å². The van der Waals surface area contributed by atoms with E-state index in [2.05, 4.69) is 46.8 Å². The average molecular weight is 339 g/mol. The Hall–Kier alpha value is -1.65. The lowest BCUT2D eigenvalue weighted by Gasteiger charge is -2.40. The molecule has 1 aromatic heterocycles. The Labute approximate surface area is 150 Å². The maximum absolute atomic E-state index is 9.74. The van der Waals surface area contributed by atoms with Crippen LogP contribution in [0.15, 0.2) is 30.3 Å². The van der Waals surface area contributed by atoms with E-state index in [4.69, 9.17) is 5.10 Å². The van der Waals surface area contributed by atoms with Crippen LogP contribution >= 0.6 is 0 Å². The number of benzene rings is 1. The third-order valence-corrected chi connectivity index (χ3v) is 6.39. The molecule has 2 heterocycles. The van der Waals surface area contributed by atoms with Crippen molar-refractivity contribution in [1.29, 1.82) is 0 Å². The van der Waals surface area contributed by atoms with E-state index in [1.807, 2.05) is 0 Å². The molecule has 1 aromatic carbocycles. The molecule has 1 N–H and O–H groups in total. The van der Waals surface area contributed by atoms with Crippen molar-refractivity contribution in [3.8, 4) is 5.69 Å². The van der Waals surface area contributed by atoms with Crippen LogP contribution in [-0.2, 0) is 19.4 Å². The Morgan fingerprint density at radius 1 is 1.12 bits per heavy atom. The highest BCUT2D eigenvalue weighted by Gasteiger charge is 2.33. The van der Waals surface area contributed by atoms with Crippen molar-refractivity contribution in [1.82, 2.24) is 14.7 Å². The van der Waals surface area contributed by atoms with Gasteiger partial charge in [0.05, 0.1) is 11.4 Å². The first-order chi connectivity index (χ1) is 12.2. The molecule has 1 aliphatic heterocycles. The monoisotopic (exact) mass is 339 g/mol. The predicted molar refractivity (Wildman–Crippen MR) is 99.9 cm³/mol. The van der Waals surface area contributed by atoms with Gasteiger partial charge in [-0.05, 0) is 74.7 Å². The number of aliphatic hydroxyl groups is 1. The molecule has 1 aliphatic carbocycles. The molecule has 2 aromatic rings. The zero-order chi connectivity index (χ0) is 17.3. The molecule has 4 heteroatoms. The third kappa shape index (κ3) is 3.13. The van der Waals surface area contributed by atoms with E-state index in [1.54, 1.807) is 0 Å². The Balaban J connectivity index is 1.53. The van der Waals surface area contributed by atoms with Gasteiger partial charge in [0.25, 0.3) is 0 Å². The molecule has 134 valence electrons. The first-order valence-corrected chi connectivity index (χ1v) is 9.73. The van der Waals surface area contributed by atoms with Crippen molar-refractivity contribution in [3.05, 3.63) is 47.3 Å². The van der Waals surface area contributed by atoms with Gasteiger partial charge in [0, 0.05) is 18.8 Å². The molecule has 0 atom stereocenters. The number of fused-ring (bicyclic) bond motifs is 1. The van der Waals surface area contributed by atoms with E-state index in [-0.39, 0.29) is 5.41 Å². The fourth-order valence-corrected chi connectivity index (χ4v) is 4.44. The molecule has 2 aliphatic rings. The first kappa shape index (κ1) is 16.8. The molecule has 0 saturated carbocycles. The smallest absolute Gasteiger partial charge is 0.0804 e. The van der Waals surface area contributed by atoms with Gasteiger partial charge in [-0.3, -0.25) is 4.90 Å². The molecule has 1 fully saturated rings. The molecule has 4 nitrogen and oxygen atoms in total. The molecule has 25 heavy (non-hydrogen) atoms. The van der Waals surface area contributed by atoms with Gasteiger partial charge >= 0.3 is 0 Å². The zero-order valence-corrected chi connectivity index (χ0v) is 15.2.